The van der Waals surface area contributed by atoms with Crippen molar-refractivity contribution in [3.05, 3.63) is 29.8 Å². The number of hydrogen-bond acceptors (Lipinski definition) is 4. The molecule has 0 spiro atoms. The van der Waals surface area contributed by atoms with Crippen LogP contribution in [0.4, 0.5) is 0 Å². The molecule has 1 heterocycles. The molecule has 0 bridgehead atoms. The lowest BCUT2D eigenvalue weighted by Crippen LogP contribution is -2.30. The van der Waals surface area contributed by atoms with Crippen LogP contribution in [0.3, 0.4) is 0 Å². The summed E-state index contributed by atoms with van der Waals surface area (Å²) < 4.78 is 25.4. The molecule has 0 aliphatic carbocycles. The van der Waals surface area contributed by atoms with Crippen molar-refractivity contribution in [2.24, 2.45) is 5.92 Å². The number of aliphatic carboxylic acids is 1. The lowest BCUT2D eigenvalue weighted by molar-refractivity contribution is -0.141. The Morgan fingerprint density at radius 3 is 2.38 bits per heavy atom. The quantitative estimate of drug-likeness (QED) is 0.823. The van der Waals surface area contributed by atoms with E-state index >= 15 is 0 Å². The van der Waals surface area contributed by atoms with Crippen molar-refractivity contribution in [1.82, 2.24) is 9.62 Å². The van der Waals surface area contributed by atoms with Crippen LogP contribution in [0.5, 0.6) is 0 Å². The topological polar surface area (TPSA) is 104 Å². The highest BCUT2D eigenvalue weighted by Crippen LogP contribution is 2.19. The second kappa shape index (κ2) is 5.82. The van der Waals surface area contributed by atoms with E-state index in [2.05, 4.69) is 4.72 Å². The van der Waals surface area contributed by atoms with Gasteiger partial charge in [0.05, 0.1) is 10.8 Å². The summed E-state index contributed by atoms with van der Waals surface area (Å²) in [4.78, 5) is 24.6. The van der Waals surface area contributed by atoms with Gasteiger partial charge in [0.2, 0.25) is 10.0 Å². The van der Waals surface area contributed by atoms with Gasteiger partial charge < -0.3 is 10.0 Å². The number of carboxylic acids is 1. The molecule has 1 aromatic rings. The SMILES string of the molecule is CNS(=O)(=O)c1ccc(C(=O)N2CCC(C(=O)O)C2)cc1. The van der Waals surface area contributed by atoms with Crippen LogP contribution < -0.4 is 4.72 Å². The number of sulfonamides is 1. The van der Waals surface area contributed by atoms with E-state index in [0.29, 0.717) is 18.5 Å². The van der Waals surface area contributed by atoms with Crippen LogP contribution in [0.2, 0.25) is 0 Å². The lowest BCUT2D eigenvalue weighted by atomic mass is 10.1. The molecular weight excluding hydrogens is 296 g/mol. The number of rotatable bonds is 4. The molecule has 7 nitrogen and oxygen atoms in total. The summed E-state index contributed by atoms with van der Waals surface area (Å²) in [5, 5.41) is 8.92. The van der Waals surface area contributed by atoms with E-state index < -0.39 is 21.9 Å². The second-order valence-corrected chi connectivity index (χ2v) is 6.69. The van der Waals surface area contributed by atoms with Gasteiger partial charge in [-0.1, -0.05) is 0 Å². The lowest BCUT2D eigenvalue weighted by Gasteiger charge is -2.16. The summed E-state index contributed by atoms with van der Waals surface area (Å²) in [7, 11) is -2.22. The molecule has 2 rings (SSSR count). The first-order valence-corrected chi connectivity index (χ1v) is 7.89. The van der Waals surface area contributed by atoms with Crippen LogP contribution in [0.1, 0.15) is 16.8 Å². The van der Waals surface area contributed by atoms with Gasteiger partial charge in [0.25, 0.3) is 5.91 Å². The number of carbonyl (C=O) groups excluding carboxylic acids is 1. The third-order valence-corrected chi connectivity index (χ3v) is 4.94. The third-order valence-electron chi connectivity index (χ3n) is 3.51. The largest absolute Gasteiger partial charge is 0.481 e. The number of amides is 1. The fourth-order valence-corrected chi connectivity index (χ4v) is 2.95. The van der Waals surface area contributed by atoms with Crippen LogP contribution in [0, 0.1) is 5.92 Å². The summed E-state index contributed by atoms with van der Waals surface area (Å²) >= 11 is 0. The zero-order valence-corrected chi connectivity index (χ0v) is 12.3. The molecule has 1 saturated heterocycles. The Labute approximate surface area is 122 Å². The molecule has 8 heteroatoms. The van der Waals surface area contributed by atoms with E-state index in [9.17, 15) is 18.0 Å². The molecule has 1 unspecified atom stereocenters. The summed E-state index contributed by atoms with van der Waals surface area (Å²) in [6, 6.07) is 5.56. The second-order valence-electron chi connectivity index (χ2n) is 4.81. The molecule has 1 aliphatic heterocycles. The number of nitrogens with one attached hydrogen (secondary N) is 1. The van der Waals surface area contributed by atoms with Crippen molar-refractivity contribution in [3.63, 3.8) is 0 Å². The van der Waals surface area contributed by atoms with E-state index in [-0.39, 0.29) is 17.3 Å². The van der Waals surface area contributed by atoms with Gasteiger partial charge in [0.1, 0.15) is 0 Å². The van der Waals surface area contributed by atoms with Gasteiger partial charge in [-0.2, -0.15) is 0 Å². The van der Waals surface area contributed by atoms with Crippen LogP contribution in [0.15, 0.2) is 29.2 Å². The summed E-state index contributed by atoms with van der Waals surface area (Å²) in [5.74, 6) is -1.72. The molecule has 0 aromatic heterocycles. The molecule has 1 amide bonds. The van der Waals surface area contributed by atoms with Crippen molar-refractivity contribution < 1.29 is 23.1 Å². The Morgan fingerprint density at radius 2 is 1.90 bits per heavy atom. The summed E-state index contributed by atoms with van der Waals surface area (Å²) in [6.45, 7) is 0.580. The number of hydrogen-bond donors (Lipinski definition) is 2. The minimum atomic E-state index is -3.53. The van der Waals surface area contributed by atoms with Gasteiger partial charge in [0.15, 0.2) is 0 Å². The highest BCUT2D eigenvalue weighted by atomic mass is 32.2. The maximum Gasteiger partial charge on any atom is 0.308 e. The number of carbonyl (C=O) groups is 2. The molecule has 1 aliphatic rings. The standard InChI is InChI=1S/C13H16N2O5S/c1-14-21(19,20)11-4-2-9(3-5-11)12(16)15-7-6-10(8-15)13(17)18/h2-5,10,14H,6-8H2,1H3,(H,17,18). The van der Waals surface area contributed by atoms with Crippen LogP contribution in [0.25, 0.3) is 0 Å². The molecule has 1 fully saturated rings. The fourth-order valence-electron chi connectivity index (χ4n) is 2.22. The molecule has 114 valence electrons. The van der Waals surface area contributed by atoms with Crippen molar-refractivity contribution >= 4 is 21.9 Å². The van der Waals surface area contributed by atoms with E-state index in [0.717, 1.165) is 0 Å². The van der Waals surface area contributed by atoms with Crippen molar-refractivity contribution in [3.8, 4) is 0 Å². The van der Waals surface area contributed by atoms with Gasteiger partial charge in [-0.3, -0.25) is 9.59 Å². The van der Waals surface area contributed by atoms with E-state index in [1.807, 2.05) is 0 Å². The Morgan fingerprint density at radius 1 is 1.29 bits per heavy atom. The normalized spacial score (nSPS) is 18.7. The van der Waals surface area contributed by atoms with Crippen molar-refractivity contribution in [1.29, 1.82) is 0 Å². The number of nitrogens with zero attached hydrogens (tertiary/aromatic N) is 1. The minimum absolute atomic E-state index is 0.0754. The zero-order chi connectivity index (χ0) is 15.6. The molecule has 21 heavy (non-hydrogen) atoms. The van der Waals surface area contributed by atoms with E-state index in [4.69, 9.17) is 5.11 Å². The predicted octanol–water partition coefficient (Wildman–Crippen LogP) is 0.141. The van der Waals surface area contributed by atoms with Crippen LogP contribution in [-0.4, -0.2) is 50.4 Å². The predicted molar refractivity (Wildman–Crippen MR) is 74.3 cm³/mol. The number of carboxylic acid groups (broad SMARTS) is 1. The van der Waals surface area contributed by atoms with Gasteiger partial charge in [-0.05, 0) is 37.7 Å². The fraction of sp³-hybridized carbons (Fsp3) is 0.385. The number of likely N-dealkylation sites (tertiary alicyclic amines) is 1. The van der Waals surface area contributed by atoms with Crippen molar-refractivity contribution in [2.75, 3.05) is 20.1 Å². The maximum absolute atomic E-state index is 12.2. The molecule has 2 N–H and O–H groups in total. The average Bonchev–Trinajstić information content (AvgIpc) is 2.96. The van der Waals surface area contributed by atoms with Gasteiger partial charge >= 0.3 is 5.97 Å². The Bertz CT molecular complexity index is 654. The van der Waals surface area contributed by atoms with E-state index in [1.54, 1.807) is 0 Å². The third kappa shape index (κ3) is 3.22. The monoisotopic (exact) mass is 312 g/mol. The van der Waals surface area contributed by atoms with Crippen LogP contribution >= 0.6 is 0 Å². The highest BCUT2D eigenvalue weighted by Gasteiger charge is 2.31. The molecule has 1 aromatic carbocycles. The molecule has 0 saturated carbocycles. The minimum Gasteiger partial charge on any atom is -0.481 e. The first kappa shape index (κ1) is 15.5. The van der Waals surface area contributed by atoms with Gasteiger partial charge in [0, 0.05) is 18.7 Å². The molecule has 0 radical (unpaired) electrons. The Hall–Kier alpha value is -1.93. The smallest absolute Gasteiger partial charge is 0.308 e. The Kier molecular flexibility index (Phi) is 4.29. The van der Waals surface area contributed by atoms with Crippen LogP contribution in [-0.2, 0) is 14.8 Å². The summed E-state index contributed by atoms with van der Waals surface area (Å²) in [6.07, 6.45) is 0.438. The zero-order valence-electron chi connectivity index (χ0n) is 11.4. The molecule has 1 atom stereocenters. The summed E-state index contributed by atoms with van der Waals surface area (Å²) in [5.41, 5.74) is 0.344. The van der Waals surface area contributed by atoms with Crippen molar-refractivity contribution in [2.45, 2.75) is 11.3 Å². The maximum atomic E-state index is 12.2. The first-order valence-electron chi connectivity index (χ1n) is 6.41. The molecular formula is C13H16N2O5S. The van der Waals surface area contributed by atoms with E-state index in [1.165, 1.54) is 36.2 Å². The van der Waals surface area contributed by atoms with Gasteiger partial charge in [-0.15, -0.1) is 0 Å². The highest BCUT2D eigenvalue weighted by molar-refractivity contribution is 7.89. The average molecular weight is 312 g/mol. The van der Waals surface area contributed by atoms with Gasteiger partial charge in [-0.25, -0.2) is 13.1 Å². The Balaban J connectivity index is 2.13. The first-order chi connectivity index (χ1) is 9.85. The number of benzene rings is 1.